The van der Waals surface area contributed by atoms with Crippen molar-refractivity contribution in [1.82, 2.24) is 4.90 Å². The molecule has 1 fully saturated rings. The molecule has 1 unspecified atom stereocenters. The van der Waals surface area contributed by atoms with E-state index in [0.29, 0.717) is 19.7 Å². The van der Waals surface area contributed by atoms with Gasteiger partial charge in [-0.1, -0.05) is 6.07 Å². The van der Waals surface area contributed by atoms with E-state index in [9.17, 15) is 9.59 Å². The lowest BCUT2D eigenvalue weighted by Gasteiger charge is -2.31. The lowest BCUT2D eigenvalue weighted by Crippen LogP contribution is -2.44. The van der Waals surface area contributed by atoms with Gasteiger partial charge in [-0.25, -0.2) is 4.79 Å². The first-order valence-corrected chi connectivity index (χ1v) is 7.81. The van der Waals surface area contributed by atoms with E-state index in [2.05, 4.69) is 5.32 Å². The molecule has 5 nitrogen and oxygen atoms in total. The number of hydrogen-bond donors (Lipinski definition) is 1. The fraction of sp³-hybridized carbons (Fsp3) is 0.529. The number of nitrogens with one attached hydrogen (secondary N) is 1. The summed E-state index contributed by atoms with van der Waals surface area (Å²) in [6, 6.07) is 5.88. The van der Waals surface area contributed by atoms with Crippen molar-refractivity contribution < 1.29 is 14.3 Å². The first-order valence-electron chi connectivity index (χ1n) is 7.81. The molecule has 0 saturated carbocycles. The zero-order chi connectivity index (χ0) is 16.1. The molecule has 0 radical (unpaired) electrons. The van der Waals surface area contributed by atoms with Crippen LogP contribution in [0.25, 0.3) is 0 Å². The summed E-state index contributed by atoms with van der Waals surface area (Å²) < 4.78 is 5.01. The molecule has 2 rings (SSSR count). The molecule has 1 aromatic carbocycles. The van der Waals surface area contributed by atoms with Gasteiger partial charge in [0.05, 0.1) is 12.5 Å². The molecule has 120 valence electrons. The number of ether oxygens (including phenoxy) is 1. The van der Waals surface area contributed by atoms with Gasteiger partial charge < -0.3 is 15.0 Å². The summed E-state index contributed by atoms with van der Waals surface area (Å²) >= 11 is 0. The van der Waals surface area contributed by atoms with Crippen LogP contribution in [-0.2, 0) is 9.53 Å². The van der Waals surface area contributed by atoms with Gasteiger partial charge in [0, 0.05) is 18.8 Å². The van der Waals surface area contributed by atoms with Crippen LogP contribution in [0.15, 0.2) is 18.2 Å². The van der Waals surface area contributed by atoms with Gasteiger partial charge in [-0.3, -0.25) is 4.79 Å². The first kappa shape index (κ1) is 16.3. The SMILES string of the molecule is CCOC(=O)N1CCCC(C(=O)Nc2ccc(C)c(C)c2)C1. The Hall–Kier alpha value is -2.04. The summed E-state index contributed by atoms with van der Waals surface area (Å²) in [6.07, 6.45) is 1.29. The number of aryl methyl sites for hydroxylation is 2. The van der Waals surface area contributed by atoms with Crippen molar-refractivity contribution in [3.63, 3.8) is 0 Å². The van der Waals surface area contributed by atoms with E-state index in [1.54, 1.807) is 11.8 Å². The highest BCUT2D eigenvalue weighted by Crippen LogP contribution is 2.20. The zero-order valence-electron chi connectivity index (χ0n) is 13.5. The van der Waals surface area contributed by atoms with E-state index < -0.39 is 0 Å². The number of anilines is 1. The van der Waals surface area contributed by atoms with Crippen LogP contribution in [0, 0.1) is 19.8 Å². The predicted molar refractivity (Wildman–Crippen MR) is 85.9 cm³/mol. The van der Waals surface area contributed by atoms with E-state index in [4.69, 9.17) is 4.74 Å². The van der Waals surface area contributed by atoms with Crippen molar-refractivity contribution in [3.05, 3.63) is 29.3 Å². The number of likely N-dealkylation sites (tertiary alicyclic amines) is 1. The summed E-state index contributed by atoms with van der Waals surface area (Å²) in [4.78, 5) is 25.8. The summed E-state index contributed by atoms with van der Waals surface area (Å²) in [5, 5.41) is 2.95. The maximum atomic E-state index is 12.4. The van der Waals surface area contributed by atoms with Crippen LogP contribution in [0.2, 0.25) is 0 Å². The fourth-order valence-corrected chi connectivity index (χ4v) is 2.64. The van der Waals surface area contributed by atoms with Crippen LogP contribution in [0.5, 0.6) is 0 Å². The van der Waals surface area contributed by atoms with Crippen LogP contribution in [-0.4, -0.2) is 36.6 Å². The van der Waals surface area contributed by atoms with Crippen molar-refractivity contribution in [1.29, 1.82) is 0 Å². The minimum Gasteiger partial charge on any atom is -0.450 e. The van der Waals surface area contributed by atoms with Crippen LogP contribution >= 0.6 is 0 Å². The molecule has 0 aromatic heterocycles. The molecule has 1 aliphatic rings. The summed E-state index contributed by atoms with van der Waals surface area (Å²) in [7, 11) is 0. The molecule has 0 bridgehead atoms. The van der Waals surface area contributed by atoms with Crippen LogP contribution < -0.4 is 5.32 Å². The molecule has 0 spiro atoms. The molecule has 1 heterocycles. The lowest BCUT2D eigenvalue weighted by molar-refractivity contribution is -0.121. The first-order chi connectivity index (χ1) is 10.5. The van der Waals surface area contributed by atoms with E-state index in [-0.39, 0.29) is 17.9 Å². The van der Waals surface area contributed by atoms with Crippen molar-refractivity contribution in [2.75, 3.05) is 25.0 Å². The van der Waals surface area contributed by atoms with Gasteiger partial charge in [0.25, 0.3) is 0 Å². The van der Waals surface area contributed by atoms with Crippen LogP contribution in [0.4, 0.5) is 10.5 Å². The summed E-state index contributed by atoms with van der Waals surface area (Å²) in [5.74, 6) is -0.211. The third kappa shape index (κ3) is 4.00. The standard InChI is InChI=1S/C17H24N2O3/c1-4-22-17(21)19-9-5-6-14(11-19)16(20)18-15-8-7-12(2)13(3)10-15/h7-8,10,14H,4-6,9,11H2,1-3H3,(H,18,20). The smallest absolute Gasteiger partial charge is 0.409 e. The molecule has 1 atom stereocenters. The topological polar surface area (TPSA) is 58.6 Å². The fourth-order valence-electron chi connectivity index (χ4n) is 2.64. The van der Waals surface area contributed by atoms with Crippen molar-refractivity contribution in [2.45, 2.75) is 33.6 Å². The second kappa shape index (κ2) is 7.29. The Balaban J connectivity index is 1.96. The van der Waals surface area contributed by atoms with Crippen LogP contribution in [0.1, 0.15) is 30.9 Å². The monoisotopic (exact) mass is 304 g/mol. The number of carbonyl (C=O) groups is 2. The summed E-state index contributed by atoms with van der Waals surface area (Å²) in [6.45, 7) is 7.29. The highest BCUT2D eigenvalue weighted by molar-refractivity contribution is 5.93. The van der Waals surface area contributed by atoms with E-state index in [1.807, 2.05) is 32.0 Å². The molecule has 22 heavy (non-hydrogen) atoms. The van der Waals surface area contributed by atoms with Gasteiger partial charge in [-0.15, -0.1) is 0 Å². The number of piperidine rings is 1. The molecule has 5 heteroatoms. The van der Waals surface area contributed by atoms with E-state index in [0.717, 1.165) is 24.1 Å². The second-order valence-corrected chi connectivity index (χ2v) is 5.77. The van der Waals surface area contributed by atoms with Gasteiger partial charge in [0.1, 0.15) is 0 Å². The Morgan fingerprint density at radius 1 is 1.32 bits per heavy atom. The highest BCUT2D eigenvalue weighted by Gasteiger charge is 2.29. The van der Waals surface area contributed by atoms with Crippen molar-refractivity contribution >= 4 is 17.7 Å². The lowest BCUT2D eigenvalue weighted by atomic mass is 9.97. The minimum atomic E-state index is -0.328. The molecule has 1 aromatic rings. The average Bonchev–Trinajstić information content (AvgIpc) is 2.51. The highest BCUT2D eigenvalue weighted by atomic mass is 16.6. The molecule has 1 saturated heterocycles. The quantitative estimate of drug-likeness (QED) is 0.933. The van der Waals surface area contributed by atoms with Crippen molar-refractivity contribution in [2.24, 2.45) is 5.92 Å². The Morgan fingerprint density at radius 2 is 2.09 bits per heavy atom. The average molecular weight is 304 g/mol. The molecular weight excluding hydrogens is 280 g/mol. The number of carbonyl (C=O) groups excluding carboxylic acids is 2. The number of rotatable bonds is 3. The van der Waals surface area contributed by atoms with Gasteiger partial charge in [0.15, 0.2) is 0 Å². The third-order valence-corrected chi connectivity index (χ3v) is 4.09. The molecule has 0 aliphatic carbocycles. The molecule has 1 N–H and O–H groups in total. The molecule has 1 aliphatic heterocycles. The Labute approximate surface area is 131 Å². The van der Waals surface area contributed by atoms with Gasteiger partial charge >= 0.3 is 6.09 Å². The normalized spacial score (nSPS) is 18.0. The third-order valence-electron chi connectivity index (χ3n) is 4.09. The maximum absolute atomic E-state index is 12.4. The van der Waals surface area contributed by atoms with Crippen LogP contribution in [0.3, 0.4) is 0 Å². The van der Waals surface area contributed by atoms with Gasteiger partial charge in [-0.2, -0.15) is 0 Å². The predicted octanol–water partition coefficient (Wildman–Crippen LogP) is 3.11. The molecular formula is C17H24N2O3. The molecule has 2 amide bonds. The zero-order valence-corrected chi connectivity index (χ0v) is 13.5. The number of benzene rings is 1. The summed E-state index contributed by atoms with van der Waals surface area (Å²) in [5.41, 5.74) is 3.15. The number of amides is 2. The van der Waals surface area contributed by atoms with Gasteiger partial charge in [-0.05, 0) is 56.9 Å². The Bertz CT molecular complexity index is 557. The minimum absolute atomic E-state index is 0.0303. The van der Waals surface area contributed by atoms with E-state index in [1.165, 1.54) is 5.56 Å². The maximum Gasteiger partial charge on any atom is 0.409 e. The number of nitrogens with zero attached hydrogens (tertiary/aromatic N) is 1. The van der Waals surface area contributed by atoms with Crippen molar-refractivity contribution in [3.8, 4) is 0 Å². The Morgan fingerprint density at radius 3 is 2.77 bits per heavy atom. The van der Waals surface area contributed by atoms with Gasteiger partial charge in [0.2, 0.25) is 5.91 Å². The number of hydrogen-bond acceptors (Lipinski definition) is 3. The second-order valence-electron chi connectivity index (χ2n) is 5.77. The Kier molecular flexibility index (Phi) is 5.41. The van der Waals surface area contributed by atoms with E-state index >= 15 is 0 Å². The largest absolute Gasteiger partial charge is 0.450 e.